The topological polar surface area (TPSA) is 111 Å². The largest absolute Gasteiger partial charge is 0.457 e. The Balaban J connectivity index is 1.23. The first-order valence-corrected chi connectivity index (χ1v) is 16.1. The Morgan fingerprint density at radius 3 is 1.02 bits per heavy atom. The number of halogens is 6. The molecule has 0 fully saturated rings. The van der Waals surface area contributed by atoms with Crippen LogP contribution in [0, 0.1) is 0 Å². The Kier molecular flexibility index (Phi) is 9.87. The molecule has 0 aliphatic carbocycles. The maximum absolute atomic E-state index is 14.9. The highest BCUT2D eigenvalue weighted by Crippen LogP contribution is 2.56. The van der Waals surface area contributed by atoms with Crippen LogP contribution < -0.4 is 20.9 Å². The molecule has 12 heteroatoms. The minimum atomic E-state index is -5.83. The number of nitrogen functional groups attached to an aromatic ring is 2. The van der Waals surface area contributed by atoms with E-state index in [2.05, 4.69) is 0 Å². The summed E-state index contributed by atoms with van der Waals surface area (Å²) in [6.45, 7) is 0. The SMILES string of the molecule is Nc1ccc(Oc2ccc(Cc3ccc(C(c4ccc(C(O)(O)c5ccc(Oc6ccc(N)cc6)cc5)cc4)(C(F)(F)F)C(F)(F)F)cc3)cc2)cc1. The zero-order valence-corrected chi connectivity index (χ0v) is 27.7. The monoisotopic (exact) mass is 730 g/mol. The molecule has 6 aromatic rings. The normalized spacial score (nSPS) is 12.4. The molecular formula is C41H32F6N2O4. The van der Waals surface area contributed by atoms with E-state index in [-0.39, 0.29) is 17.5 Å². The molecule has 0 bridgehead atoms. The van der Waals surface area contributed by atoms with Gasteiger partial charge in [-0.05, 0) is 114 Å². The van der Waals surface area contributed by atoms with E-state index in [0.717, 1.165) is 29.8 Å². The Morgan fingerprint density at radius 1 is 0.396 bits per heavy atom. The molecule has 0 saturated heterocycles. The van der Waals surface area contributed by atoms with Gasteiger partial charge in [0.25, 0.3) is 0 Å². The number of ether oxygens (including phenoxy) is 2. The van der Waals surface area contributed by atoms with Gasteiger partial charge in [-0.1, -0.05) is 60.7 Å². The second-order valence-corrected chi connectivity index (χ2v) is 12.4. The van der Waals surface area contributed by atoms with Crippen LogP contribution in [-0.2, 0) is 17.6 Å². The van der Waals surface area contributed by atoms with Crippen LogP contribution >= 0.6 is 0 Å². The summed E-state index contributed by atoms with van der Waals surface area (Å²) in [5, 5.41) is 22.0. The minimum absolute atomic E-state index is 0.104. The van der Waals surface area contributed by atoms with Crippen LogP contribution in [0.15, 0.2) is 146 Å². The summed E-state index contributed by atoms with van der Waals surface area (Å²) in [5.74, 6) is -0.888. The van der Waals surface area contributed by atoms with Crippen LogP contribution in [0.5, 0.6) is 23.0 Å². The molecule has 0 aromatic heterocycles. The number of hydrogen-bond donors (Lipinski definition) is 4. The third kappa shape index (κ3) is 7.64. The van der Waals surface area contributed by atoms with Gasteiger partial charge in [0, 0.05) is 22.5 Å². The fourth-order valence-electron chi connectivity index (χ4n) is 5.98. The number of aliphatic hydroxyl groups is 2. The van der Waals surface area contributed by atoms with Crippen molar-refractivity contribution < 1.29 is 46.0 Å². The molecule has 6 N–H and O–H groups in total. The maximum Gasteiger partial charge on any atom is 0.411 e. The van der Waals surface area contributed by atoms with Crippen molar-refractivity contribution in [1.29, 1.82) is 0 Å². The zero-order valence-electron chi connectivity index (χ0n) is 27.7. The Bertz CT molecular complexity index is 2120. The molecule has 0 aliphatic rings. The molecule has 0 amide bonds. The summed E-state index contributed by atoms with van der Waals surface area (Å²) >= 11 is 0. The van der Waals surface area contributed by atoms with E-state index in [1.807, 2.05) is 0 Å². The van der Waals surface area contributed by atoms with Crippen molar-refractivity contribution in [2.75, 3.05) is 11.5 Å². The number of benzene rings is 6. The molecule has 0 aliphatic heterocycles. The lowest BCUT2D eigenvalue weighted by Crippen LogP contribution is -2.54. The number of hydrogen-bond acceptors (Lipinski definition) is 6. The van der Waals surface area contributed by atoms with Crippen molar-refractivity contribution in [3.8, 4) is 23.0 Å². The average Bonchev–Trinajstić information content (AvgIpc) is 3.11. The van der Waals surface area contributed by atoms with Crippen molar-refractivity contribution in [2.24, 2.45) is 0 Å². The summed E-state index contributed by atoms with van der Waals surface area (Å²) in [4.78, 5) is 0. The van der Waals surface area contributed by atoms with Crippen LogP contribution in [0.25, 0.3) is 0 Å². The van der Waals surface area contributed by atoms with Crippen molar-refractivity contribution in [3.63, 3.8) is 0 Å². The van der Waals surface area contributed by atoms with Crippen LogP contribution in [0.2, 0.25) is 0 Å². The Hall–Kier alpha value is -5.98. The van der Waals surface area contributed by atoms with Crippen LogP contribution in [-0.4, -0.2) is 22.6 Å². The first kappa shape index (κ1) is 36.8. The molecule has 6 nitrogen and oxygen atoms in total. The minimum Gasteiger partial charge on any atom is -0.457 e. The van der Waals surface area contributed by atoms with Gasteiger partial charge in [0.1, 0.15) is 23.0 Å². The molecule has 6 aromatic carbocycles. The number of rotatable bonds is 10. The lowest BCUT2D eigenvalue weighted by atomic mass is 9.72. The van der Waals surface area contributed by atoms with Gasteiger partial charge in [-0.2, -0.15) is 26.3 Å². The van der Waals surface area contributed by atoms with E-state index in [0.29, 0.717) is 52.1 Å². The highest BCUT2D eigenvalue weighted by molar-refractivity contribution is 5.49. The highest BCUT2D eigenvalue weighted by atomic mass is 19.4. The van der Waals surface area contributed by atoms with Crippen molar-refractivity contribution in [3.05, 3.63) is 179 Å². The van der Waals surface area contributed by atoms with Gasteiger partial charge in [-0.25, -0.2) is 0 Å². The van der Waals surface area contributed by atoms with Gasteiger partial charge < -0.3 is 31.2 Å². The second kappa shape index (κ2) is 14.2. The first-order valence-electron chi connectivity index (χ1n) is 16.1. The van der Waals surface area contributed by atoms with Crippen molar-refractivity contribution >= 4 is 11.4 Å². The zero-order chi connectivity index (χ0) is 38.0. The fourth-order valence-corrected chi connectivity index (χ4v) is 5.98. The number of alkyl halides is 6. The Labute approximate surface area is 300 Å². The van der Waals surface area contributed by atoms with Gasteiger partial charge in [0.05, 0.1) is 0 Å². The highest BCUT2D eigenvalue weighted by Gasteiger charge is 2.72. The lowest BCUT2D eigenvalue weighted by molar-refractivity contribution is -0.288. The summed E-state index contributed by atoms with van der Waals surface area (Å²) in [6, 6.07) is 32.6. The standard InChI is InChI=1S/C41H32F6N2O4/c42-40(43,44)38(41(45,46)47,28-5-1-26(2-6-28)25-27-3-17-34(18-4-27)52-36-21-13-32(48)14-22-36)29-7-9-30(10-8-29)39(50,51)31-11-19-35(20-12-31)53-37-23-15-33(49)16-24-37/h1-24,50-51H,25,48-49H2. The number of nitrogens with two attached hydrogens (primary N) is 2. The molecule has 0 saturated carbocycles. The van der Waals surface area contributed by atoms with E-state index in [4.69, 9.17) is 20.9 Å². The van der Waals surface area contributed by atoms with Gasteiger partial charge in [0.2, 0.25) is 11.2 Å². The molecule has 0 heterocycles. The molecule has 0 radical (unpaired) electrons. The van der Waals surface area contributed by atoms with E-state index in [1.54, 1.807) is 72.8 Å². The summed E-state index contributed by atoms with van der Waals surface area (Å²) in [6.07, 6.45) is -11.4. The van der Waals surface area contributed by atoms with Gasteiger partial charge in [0.15, 0.2) is 0 Å². The van der Waals surface area contributed by atoms with E-state index < -0.39 is 34.7 Å². The predicted molar refractivity (Wildman–Crippen MR) is 189 cm³/mol. The molecule has 0 atom stereocenters. The second-order valence-electron chi connectivity index (χ2n) is 12.4. The molecule has 53 heavy (non-hydrogen) atoms. The molecule has 0 unspecified atom stereocenters. The molecule has 0 spiro atoms. The molecule has 6 rings (SSSR count). The van der Waals surface area contributed by atoms with Crippen LogP contribution in [0.1, 0.15) is 33.4 Å². The van der Waals surface area contributed by atoms with Crippen LogP contribution in [0.4, 0.5) is 37.7 Å². The predicted octanol–water partition coefficient (Wildman–Crippen LogP) is 9.62. The Morgan fingerprint density at radius 2 is 0.660 bits per heavy atom. The van der Waals surface area contributed by atoms with Crippen molar-refractivity contribution in [2.45, 2.75) is 30.0 Å². The lowest BCUT2D eigenvalue weighted by Gasteiger charge is -2.38. The maximum atomic E-state index is 14.9. The van der Waals surface area contributed by atoms with Gasteiger partial charge in [-0.15, -0.1) is 0 Å². The van der Waals surface area contributed by atoms with E-state index in [9.17, 15) is 36.6 Å². The quantitative estimate of drug-likeness (QED) is 0.0635. The molecule has 272 valence electrons. The summed E-state index contributed by atoms with van der Waals surface area (Å²) in [5.41, 5.74) is 6.62. The van der Waals surface area contributed by atoms with Crippen LogP contribution in [0.3, 0.4) is 0 Å². The van der Waals surface area contributed by atoms with Crippen molar-refractivity contribution in [1.82, 2.24) is 0 Å². The summed E-state index contributed by atoms with van der Waals surface area (Å²) in [7, 11) is 0. The summed E-state index contributed by atoms with van der Waals surface area (Å²) < 4.78 is 101. The third-order valence-corrected chi connectivity index (χ3v) is 8.78. The first-order chi connectivity index (χ1) is 25.1. The van der Waals surface area contributed by atoms with E-state index in [1.165, 1.54) is 36.4 Å². The fraction of sp³-hybridized carbons (Fsp3) is 0.122. The smallest absolute Gasteiger partial charge is 0.411 e. The van der Waals surface area contributed by atoms with E-state index >= 15 is 0 Å². The van der Waals surface area contributed by atoms with Gasteiger partial charge >= 0.3 is 12.4 Å². The average molecular weight is 731 g/mol. The third-order valence-electron chi connectivity index (χ3n) is 8.78. The molecular weight excluding hydrogens is 698 g/mol. The number of anilines is 2. The van der Waals surface area contributed by atoms with Gasteiger partial charge in [-0.3, -0.25) is 0 Å².